The van der Waals surface area contributed by atoms with Gasteiger partial charge in [-0.1, -0.05) is 328 Å². The molecule has 124 heavy (non-hydrogen) atoms. The van der Waals surface area contributed by atoms with Crippen LogP contribution >= 0.6 is 0 Å². The maximum absolute atomic E-state index is 5.63. The Morgan fingerprint density at radius 3 is 0.774 bits per heavy atom. The average molecular weight is 1600 g/mol. The molecule has 0 fully saturated rings. The van der Waals surface area contributed by atoms with Gasteiger partial charge >= 0.3 is 0 Å². The fourth-order valence-electron chi connectivity index (χ4n) is 18.2. The van der Waals surface area contributed by atoms with Crippen LogP contribution in [0.1, 0.15) is 0 Å². The Hall–Kier alpha value is -16.0. The van der Waals surface area contributed by atoms with Crippen molar-refractivity contribution in [3.05, 3.63) is 449 Å². The Balaban J connectivity index is 0.000000124. The van der Waals surface area contributed by atoms with Gasteiger partial charge in [-0.2, -0.15) is 0 Å². The third-order valence-corrected chi connectivity index (χ3v) is 24.2. The number of ether oxygens (including phenoxy) is 4. The topological polar surface area (TPSA) is 43.4 Å². The van der Waals surface area contributed by atoms with E-state index in [9.17, 15) is 0 Å². The van der Waals surface area contributed by atoms with E-state index in [2.05, 4.69) is 447 Å². The Morgan fingerprint density at radius 2 is 0.411 bits per heavy atom. The van der Waals surface area contributed by atoms with Crippen LogP contribution in [-0.2, 0) is 0 Å². The summed E-state index contributed by atoms with van der Waals surface area (Å²) in [6.45, 7) is 0. The predicted molar refractivity (Wildman–Crippen MR) is 525 cm³/mol. The molecule has 0 spiro atoms. The first kappa shape index (κ1) is 76.6. The van der Waals surface area contributed by atoms with Crippen LogP contribution in [0.15, 0.2) is 449 Å². The molecular weight excluding hydrogens is 1510 g/mol. The third-order valence-electron chi connectivity index (χ3n) is 24.2. The second-order valence-electron chi connectivity index (χ2n) is 31.1. The molecule has 0 radical (unpaired) electrons. The SMILES string of the molecule is COc1ccc(-c2cccc3c(-c4ccc(OC)c5ccccc45)cccc23)c2ccccc12.COc1ccc2cc(-c3cccc4c(-c5ccc6cc(OC)ccc6c5)cccc34)ccc2c1.c1ccc(N(c2ccccc2)c2ccc3cc(-c4cccc5c(-c6ccc(N(c7ccccc7)c7ccccc7)c7ccccc67)cccc45)ccc3c2)cc1. The van der Waals surface area contributed by atoms with Gasteiger partial charge in [0.2, 0.25) is 0 Å². The highest BCUT2D eigenvalue weighted by molar-refractivity contribution is 6.16. The van der Waals surface area contributed by atoms with Crippen LogP contribution in [0.25, 0.3) is 164 Å². The Kier molecular flexibility index (Phi) is 21.0. The minimum Gasteiger partial charge on any atom is -0.497 e. The van der Waals surface area contributed by atoms with Crippen molar-refractivity contribution in [3.8, 4) is 89.8 Å². The maximum Gasteiger partial charge on any atom is 0.126 e. The molecule has 22 rings (SSSR count). The summed E-state index contributed by atoms with van der Waals surface area (Å²) < 4.78 is 22.0. The maximum atomic E-state index is 5.63. The molecule has 0 aliphatic heterocycles. The zero-order valence-electron chi connectivity index (χ0n) is 69.3. The van der Waals surface area contributed by atoms with E-state index in [1.165, 1.54) is 153 Å². The normalized spacial score (nSPS) is 11.2. The minimum atomic E-state index is 0.879. The van der Waals surface area contributed by atoms with Gasteiger partial charge in [-0.3, -0.25) is 0 Å². The second-order valence-corrected chi connectivity index (χ2v) is 31.1. The summed E-state index contributed by atoms with van der Waals surface area (Å²) >= 11 is 0. The number of anilines is 6. The average Bonchev–Trinajstić information content (AvgIpc) is 0.753. The van der Waals surface area contributed by atoms with E-state index in [4.69, 9.17) is 18.9 Å². The highest BCUT2D eigenvalue weighted by Crippen LogP contribution is 2.48. The lowest BCUT2D eigenvalue weighted by atomic mass is 9.89. The summed E-state index contributed by atoms with van der Waals surface area (Å²) in [5.41, 5.74) is 21.4. The van der Waals surface area contributed by atoms with Gasteiger partial charge in [-0.25, -0.2) is 0 Å². The lowest BCUT2D eigenvalue weighted by Gasteiger charge is -2.27. The van der Waals surface area contributed by atoms with Crippen molar-refractivity contribution in [2.24, 2.45) is 0 Å². The van der Waals surface area contributed by atoms with E-state index in [1.54, 1.807) is 28.4 Å². The zero-order valence-corrected chi connectivity index (χ0v) is 69.3. The molecule has 22 aromatic carbocycles. The van der Waals surface area contributed by atoms with Crippen molar-refractivity contribution in [3.63, 3.8) is 0 Å². The summed E-state index contributed by atoms with van der Waals surface area (Å²) in [5.74, 6) is 3.54. The van der Waals surface area contributed by atoms with Crippen LogP contribution in [0.2, 0.25) is 0 Å². The van der Waals surface area contributed by atoms with Gasteiger partial charge in [0.1, 0.15) is 23.0 Å². The van der Waals surface area contributed by atoms with Gasteiger partial charge in [0.25, 0.3) is 0 Å². The van der Waals surface area contributed by atoms with Crippen LogP contribution in [0.5, 0.6) is 23.0 Å². The van der Waals surface area contributed by atoms with Gasteiger partial charge in [0, 0.05) is 44.6 Å². The Morgan fingerprint density at radius 1 is 0.153 bits per heavy atom. The number of fused-ring (bicyclic) bond motifs is 9. The summed E-state index contributed by atoms with van der Waals surface area (Å²) in [4.78, 5) is 4.67. The van der Waals surface area contributed by atoms with Gasteiger partial charge in [0.05, 0.1) is 34.1 Å². The molecule has 0 amide bonds. The first-order chi connectivity index (χ1) is 61.3. The minimum absolute atomic E-state index is 0.879. The summed E-state index contributed by atoms with van der Waals surface area (Å²) in [6, 6.07) is 160. The predicted octanol–water partition coefficient (Wildman–Crippen LogP) is 32.4. The molecule has 0 N–H and O–H groups in total. The molecule has 0 bridgehead atoms. The molecule has 0 saturated heterocycles. The lowest BCUT2D eigenvalue weighted by Crippen LogP contribution is -2.10. The molecule has 0 aromatic heterocycles. The number of nitrogens with zero attached hydrogens (tertiary/aromatic N) is 2. The highest BCUT2D eigenvalue weighted by Gasteiger charge is 2.22. The number of para-hydroxylation sites is 4. The molecule has 0 heterocycles. The Bertz CT molecular complexity index is 7410. The molecule has 6 heteroatoms. The van der Waals surface area contributed by atoms with Crippen molar-refractivity contribution in [2.75, 3.05) is 38.2 Å². The largest absolute Gasteiger partial charge is 0.497 e. The second kappa shape index (κ2) is 34.0. The van der Waals surface area contributed by atoms with Crippen LogP contribution < -0.4 is 28.7 Å². The smallest absolute Gasteiger partial charge is 0.126 e. The molecule has 0 saturated carbocycles. The molecule has 6 nitrogen and oxygen atoms in total. The van der Waals surface area contributed by atoms with Crippen molar-refractivity contribution in [2.45, 2.75) is 0 Å². The number of methoxy groups -OCH3 is 4. The number of benzene rings is 22. The molecule has 0 unspecified atom stereocenters. The third kappa shape index (κ3) is 14.7. The van der Waals surface area contributed by atoms with Crippen LogP contribution in [-0.4, -0.2) is 28.4 Å². The van der Waals surface area contributed by atoms with E-state index in [-0.39, 0.29) is 0 Å². The van der Waals surface area contributed by atoms with Crippen molar-refractivity contribution in [1.82, 2.24) is 0 Å². The monoisotopic (exact) mass is 1590 g/mol. The quantitative estimate of drug-likeness (QED) is 0.0961. The molecule has 22 aromatic rings. The molecule has 592 valence electrons. The van der Waals surface area contributed by atoms with Crippen LogP contribution in [0.4, 0.5) is 34.1 Å². The van der Waals surface area contributed by atoms with Gasteiger partial charge < -0.3 is 28.7 Å². The molecule has 0 aliphatic carbocycles. The lowest BCUT2D eigenvalue weighted by molar-refractivity contribution is 0.415. The van der Waals surface area contributed by atoms with E-state index in [0.717, 1.165) is 67.9 Å². The molecule has 0 atom stereocenters. The Labute approximate surface area is 722 Å². The van der Waals surface area contributed by atoms with Gasteiger partial charge in [-0.15, -0.1) is 0 Å². The summed E-state index contributed by atoms with van der Waals surface area (Å²) in [7, 11) is 6.86. The van der Waals surface area contributed by atoms with E-state index in [0.29, 0.717) is 0 Å². The van der Waals surface area contributed by atoms with Gasteiger partial charge in [-0.05, 0) is 269 Å². The van der Waals surface area contributed by atoms with Crippen LogP contribution in [0.3, 0.4) is 0 Å². The van der Waals surface area contributed by atoms with Crippen molar-refractivity contribution < 1.29 is 18.9 Å². The zero-order chi connectivity index (χ0) is 83.4. The molecular formula is C118H86N2O4. The van der Waals surface area contributed by atoms with E-state index < -0.39 is 0 Å². The first-order valence-corrected chi connectivity index (χ1v) is 42.0. The fourth-order valence-corrected chi connectivity index (χ4v) is 18.2. The first-order valence-electron chi connectivity index (χ1n) is 42.0. The van der Waals surface area contributed by atoms with Crippen molar-refractivity contribution in [1.29, 1.82) is 0 Å². The van der Waals surface area contributed by atoms with Gasteiger partial charge in [0.15, 0.2) is 0 Å². The number of rotatable bonds is 16. The van der Waals surface area contributed by atoms with Crippen LogP contribution in [0, 0.1) is 0 Å². The molecule has 0 aliphatic rings. The number of hydrogen-bond acceptors (Lipinski definition) is 6. The van der Waals surface area contributed by atoms with E-state index >= 15 is 0 Å². The number of hydrogen-bond donors (Lipinski definition) is 0. The summed E-state index contributed by atoms with van der Waals surface area (Å²) in [6.07, 6.45) is 0. The van der Waals surface area contributed by atoms with Crippen molar-refractivity contribution >= 4 is 131 Å². The van der Waals surface area contributed by atoms with E-state index in [1.807, 2.05) is 12.1 Å². The summed E-state index contributed by atoms with van der Waals surface area (Å²) in [5, 5.41) is 21.7. The highest BCUT2D eigenvalue weighted by atomic mass is 16.5. The fraction of sp³-hybridized carbons (Fsp3) is 0.0339. The standard InChI is InChI=1S/C54H38N2.2C32H24O2/c1-5-17-42(18-6-1)55(43-19-7-2-8-20-43)46-34-33-39-37-41(32-31-40(39)38-46)47-27-15-29-49-48(47)28-16-30-50(49)52-35-36-54(53-26-14-13-25-51(52)53)56(44-21-9-3-10-22-44)45-23-11-4-12-24-45;1-33-31-19-17-27(25-9-3-5-11-29(25)31)23-15-7-14-22-21(23)13-8-16-24(22)28-18-20-32(34-2)30-12-6-4-10-26(28)30;1-33-27-15-13-21-17-25(11-9-23(21)19-27)29-5-3-8-32-30(6-4-7-31(29)32)26-12-10-24-20-28(34-2)16-14-22(24)18-26/h1-38H;2*3-20H,1-2H3.